The van der Waals surface area contributed by atoms with E-state index < -0.39 is 0 Å². The lowest BCUT2D eigenvalue weighted by molar-refractivity contribution is 0.577. The minimum atomic E-state index is 0.425. The van der Waals surface area contributed by atoms with E-state index in [2.05, 4.69) is 60.3 Å². The largest absolute Gasteiger partial charge is 0.310 e. The van der Waals surface area contributed by atoms with Crippen LogP contribution in [0, 0.1) is 6.92 Å². The lowest BCUT2D eigenvalue weighted by atomic mass is 10.1. The van der Waals surface area contributed by atoms with E-state index in [-0.39, 0.29) is 0 Å². The van der Waals surface area contributed by atoms with Crippen LogP contribution in [0.2, 0.25) is 0 Å². The Morgan fingerprint density at radius 1 is 1.29 bits per heavy atom. The maximum absolute atomic E-state index is 3.57. The van der Waals surface area contributed by atoms with Crippen molar-refractivity contribution < 1.29 is 0 Å². The maximum atomic E-state index is 3.57. The van der Waals surface area contributed by atoms with Gasteiger partial charge in [-0.15, -0.1) is 0 Å². The summed E-state index contributed by atoms with van der Waals surface area (Å²) in [6, 6.07) is 11.3. The van der Waals surface area contributed by atoms with Gasteiger partial charge in [0.15, 0.2) is 0 Å². The molecule has 0 radical (unpaired) electrons. The first-order valence-electron chi connectivity index (χ1n) is 6.07. The van der Waals surface area contributed by atoms with E-state index in [1.165, 1.54) is 16.7 Å². The van der Waals surface area contributed by atoms with Crippen LogP contribution < -0.4 is 5.32 Å². The Kier molecular flexibility index (Phi) is 4.35. The second-order valence-electron chi connectivity index (χ2n) is 4.47. The van der Waals surface area contributed by atoms with Gasteiger partial charge in [0, 0.05) is 6.04 Å². The second kappa shape index (κ2) is 5.99. The molecule has 1 nitrogen and oxygen atoms in total. The van der Waals surface area contributed by atoms with Gasteiger partial charge in [-0.1, -0.05) is 29.8 Å². The van der Waals surface area contributed by atoms with Crippen LogP contribution in [-0.4, -0.2) is 6.54 Å². The van der Waals surface area contributed by atoms with Gasteiger partial charge in [0.25, 0.3) is 0 Å². The number of benzene rings is 1. The SMILES string of the molecule is Cc1cccc(C(C)NCCc2ccsc2)c1. The molecule has 0 amide bonds. The third-order valence-electron chi connectivity index (χ3n) is 2.99. The highest BCUT2D eigenvalue weighted by atomic mass is 32.1. The highest BCUT2D eigenvalue weighted by molar-refractivity contribution is 7.07. The van der Waals surface area contributed by atoms with Gasteiger partial charge in [0.2, 0.25) is 0 Å². The molecule has 1 aromatic heterocycles. The molecule has 0 aliphatic rings. The molecule has 17 heavy (non-hydrogen) atoms. The smallest absolute Gasteiger partial charge is 0.0292 e. The molecule has 0 spiro atoms. The number of thiophene rings is 1. The lowest BCUT2D eigenvalue weighted by Crippen LogP contribution is -2.21. The monoisotopic (exact) mass is 245 g/mol. The fourth-order valence-electron chi connectivity index (χ4n) is 1.93. The van der Waals surface area contributed by atoms with Crippen molar-refractivity contribution in [2.24, 2.45) is 0 Å². The Labute approximate surface area is 108 Å². The van der Waals surface area contributed by atoms with Crippen LogP contribution in [0.4, 0.5) is 0 Å². The first-order chi connectivity index (χ1) is 8.25. The molecule has 0 saturated carbocycles. The average molecular weight is 245 g/mol. The van der Waals surface area contributed by atoms with E-state index in [1.54, 1.807) is 11.3 Å². The molecule has 1 unspecified atom stereocenters. The summed E-state index contributed by atoms with van der Waals surface area (Å²) < 4.78 is 0. The molecule has 1 atom stereocenters. The molecule has 2 aromatic rings. The van der Waals surface area contributed by atoms with Gasteiger partial charge in [-0.25, -0.2) is 0 Å². The molecular formula is C15H19NS. The van der Waals surface area contributed by atoms with Crippen molar-refractivity contribution in [3.05, 3.63) is 57.8 Å². The van der Waals surface area contributed by atoms with Crippen molar-refractivity contribution in [1.29, 1.82) is 0 Å². The zero-order chi connectivity index (χ0) is 12.1. The summed E-state index contributed by atoms with van der Waals surface area (Å²) in [6.45, 7) is 5.40. The summed E-state index contributed by atoms with van der Waals surface area (Å²) >= 11 is 1.77. The molecule has 0 aliphatic heterocycles. The summed E-state index contributed by atoms with van der Waals surface area (Å²) in [5.41, 5.74) is 4.13. The maximum Gasteiger partial charge on any atom is 0.0292 e. The van der Waals surface area contributed by atoms with Crippen molar-refractivity contribution in [2.75, 3.05) is 6.54 Å². The lowest BCUT2D eigenvalue weighted by Gasteiger charge is -2.14. The van der Waals surface area contributed by atoms with Crippen LogP contribution in [-0.2, 0) is 6.42 Å². The van der Waals surface area contributed by atoms with Gasteiger partial charge < -0.3 is 5.32 Å². The predicted molar refractivity (Wildman–Crippen MR) is 75.6 cm³/mol. The van der Waals surface area contributed by atoms with Gasteiger partial charge in [-0.2, -0.15) is 11.3 Å². The van der Waals surface area contributed by atoms with Gasteiger partial charge in [0.1, 0.15) is 0 Å². The molecule has 0 bridgehead atoms. The van der Waals surface area contributed by atoms with Crippen LogP contribution in [0.1, 0.15) is 29.7 Å². The minimum absolute atomic E-state index is 0.425. The fourth-order valence-corrected chi connectivity index (χ4v) is 2.63. The van der Waals surface area contributed by atoms with E-state index in [4.69, 9.17) is 0 Å². The van der Waals surface area contributed by atoms with Crippen molar-refractivity contribution in [3.63, 3.8) is 0 Å². The van der Waals surface area contributed by atoms with Crippen molar-refractivity contribution in [1.82, 2.24) is 5.32 Å². The third kappa shape index (κ3) is 3.69. The summed E-state index contributed by atoms with van der Waals surface area (Å²) in [5, 5.41) is 7.93. The van der Waals surface area contributed by atoms with E-state index in [9.17, 15) is 0 Å². The third-order valence-corrected chi connectivity index (χ3v) is 3.72. The Morgan fingerprint density at radius 2 is 2.18 bits per heavy atom. The molecule has 2 heteroatoms. The second-order valence-corrected chi connectivity index (χ2v) is 5.25. The van der Waals surface area contributed by atoms with Gasteiger partial charge in [-0.05, 0) is 54.8 Å². The van der Waals surface area contributed by atoms with Gasteiger partial charge in [0.05, 0.1) is 0 Å². The normalized spacial score (nSPS) is 12.6. The molecule has 1 heterocycles. The number of rotatable bonds is 5. The van der Waals surface area contributed by atoms with Crippen molar-refractivity contribution >= 4 is 11.3 Å². The summed E-state index contributed by atoms with van der Waals surface area (Å²) in [4.78, 5) is 0. The van der Waals surface area contributed by atoms with Gasteiger partial charge in [-0.3, -0.25) is 0 Å². The van der Waals surface area contributed by atoms with E-state index in [0.717, 1.165) is 13.0 Å². The Hall–Kier alpha value is -1.12. The van der Waals surface area contributed by atoms with E-state index in [0.29, 0.717) is 6.04 Å². The number of hydrogen-bond donors (Lipinski definition) is 1. The quantitative estimate of drug-likeness (QED) is 0.841. The predicted octanol–water partition coefficient (Wildman–Crippen LogP) is 3.95. The summed E-state index contributed by atoms with van der Waals surface area (Å²) in [6.07, 6.45) is 1.11. The highest BCUT2D eigenvalue weighted by Crippen LogP contribution is 2.14. The minimum Gasteiger partial charge on any atom is -0.310 e. The molecular weight excluding hydrogens is 226 g/mol. The van der Waals surface area contributed by atoms with Crippen molar-refractivity contribution in [3.8, 4) is 0 Å². The number of nitrogens with one attached hydrogen (secondary N) is 1. The summed E-state index contributed by atoms with van der Waals surface area (Å²) in [5.74, 6) is 0. The van der Waals surface area contributed by atoms with E-state index >= 15 is 0 Å². The average Bonchev–Trinajstić information content (AvgIpc) is 2.82. The topological polar surface area (TPSA) is 12.0 Å². The molecule has 0 aliphatic carbocycles. The molecule has 2 rings (SSSR count). The summed E-state index contributed by atoms with van der Waals surface area (Å²) in [7, 11) is 0. The van der Waals surface area contributed by atoms with Crippen LogP contribution >= 0.6 is 11.3 Å². The van der Waals surface area contributed by atoms with Gasteiger partial charge >= 0.3 is 0 Å². The zero-order valence-electron chi connectivity index (χ0n) is 10.4. The van der Waals surface area contributed by atoms with Crippen LogP contribution in [0.5, 0.6) is 0 Å². The molecule has 0 fully saturated rings. The van der Waals surface area contributed by atoms with Crippen molar-refractivity contribution in [2.45, 2.75) is 26.3 Å². The zero-order valence-corrected chi connectivity index (χ0v) is 11.3. The first-order valence-corrected chi connectivity index (χ1v) is 7.01. The first kappa shape index (κ1) is 12.3. The standard InChI is InChI=1S/C15H19NS/c1-12-4-3-5-15(10-12)13(2)16-8-6-14-7-9-17-11-14/h3-5,7,9-11,13,16H,6,8H2,1-2H3. The van der Waals surface area contributed by atoms with E-state index in [1.807, 2.05) is 0 Å². The number of hydrogen-bond acceptors (Lipinski definition) is 2. The molecule has 0 saturated heterocycles. The Balaban J connectivity index is 1.83. The van der Waals surface area contributed by atoms with Crippen LogP contribution in [0.3, 0.4) is 0 Å². The molecule has 1 N–H and O–H groups in total. The van der Waals surface area contributed by atoms with Crippen LogP contribution in [0.25, 0.3) is 0 Å². The molecule has 90 valence electrons. The molecule has 1 aromatic carbocycles. The highest BCUT2D eigenvalue weighted by Gasteiger charge is 2.04. The Morgan fingerprint density at radius 3 is 2.88 bits per heavy atom. The van der Waals surface area contributed by atoms with Crippen LogP contribution in [0.15, 0.2) is 41.1 Å². The number of aryl methyl sites for hydroxylation is 1. The fraction of sp³-hybridized carbons (Fsp3) is 0.333. The Bertz CT molecular complexity index is 448.